The molecule has 0 fully saturated rings. The predicted octanol–water partition coefficient (Wildman–Crippen LogP) is 3.91. The Labute approximate surface area is 235 Å². The predicted molar refractivity (Wildman–Crippen MR) is 152 cm³/mol. The highest BCUT2D eigenvalue weighted by Crippen LogP contribution is 2.30. The van der Waals surface area contributed by atoms with Gasteiger partial charge in [-0.15, -0.1) is 0 Å². The first kappa shape index (κ1) is 29.5. The van der Waals surface area contributed by atoms with Crippen LogP contribution in [0.2, 0.25) is 0 Å². The van der Waals surface area contributed by atoms with E-state index in [4.69, 9.17) is 4.74 Å². The smallest absolute Gasteiger partial charge is 0.261 e. The maximum Gasteiger partial charge on any atom is 0.261 e. The molecule has 0 aromatic heterocycles. The number of nitrogens with zero attached hydrogens (tertiary/aromatic N) is 2. The molecule has 0 spiro atoms. The van der Waals surface area contributed by atoms with Gasteiger partial charge in [-0.3, -0.25) is 14.4 Å². The molecule has 8 nitrogen and oxygen atoms in total. The standard InChI is InChI=1S/C30H36FN3O5S/c1-21-17-34(22(2)20-35)30(36)16-24-15-26(32-40(37,38)27-12-9-25(31)10-13-27)11-14-28(24)39-29(21)19-33(3)18-23-7-5-4-6-8-23/h4-15,21-22,29,32,35H,16-20H2,1-3H3/t21-,22+,29-/m0/s1. The third-order valence-electron chi connectivity index (χ3n) is 7.08. The minimum atomic E-state index is -3.98. The monoisotopic (exact) mass is 569 g/mol. The Kier molecular flexibility index (Phi) is 9.44. The Bertz CT molecular complexity index is 1400. The van der Waals surface area contributed by atoms with Gasteiger partial charge in [0.15, 0.2) is 0 Å². The number of aliphatic hydroxyl groups excluding tert-OH is 1. The molecule has 1 aliphatic rings. The Morgan fingerprint density at radius 1 is 1.12 bits per heavy atom. The van der Waals surface area contributed by atoms with Crippen LogP contribution < -0.4 is 9.46 Å². The number of halogens is 1. The lowest BCUT2D eigenvalue weighted by Crippen LogP contribution is -2.47. The molecule has 0 saturated heterocycles. The third kappa shape index (κ3) is 7.38. The second-order valence-corrected chi connectivity index (χ2v) is 12.1. The summed E-state index contributed by atoms with van der Waals surface area (Å²) in [5.41, 5.74) is 1.96. The Balaban J connectivity index is 1.63. The highest BCUT2D eigenvalue weighted by molar-refractivity contribution is 7.92. The number of anilines is 1. The first-order valence-electron chi connectivity index (χ1n) is 13.3. The molecular formula is C30H36FN3O5S. The number of aliphatic hydroxyl groups is 1. The van der Waals surface area contributed by atoms with Gasteiger partial charge in [-0.05, 0) is 62.0 Å². The van der Waals surface area contributed by atoms with E-state index in [9.17, 15) is 22.7 Å². The summed E-state index contributed by atoms with van der Waals surface area (Å²) in [6.45, 7) is 5.37. The van der Waals surface area contributed by atoms with E-state index in [1.807, 2.05) is 32.2 Å². The minimum Gasteiger partial charge on any atom is -0.488 e. The summed E-state index contributed by atoms with van der Waals surface area (Å²) in [7, 11) is -1.96. The van der Waals surface area contributed by atoms with Gasteiger partial charge in [0.1, 0.15) is 17.7 Å². The number of likely N-dealkylation sites (N-methyl/N-ethyl adjacent to an activating group) is 1. The summed E-state index contributed by atoms with van der Waals surface area (Å²) >= 11 is 0. The zero-order valence-electron chi connectivity index (χ0n) is 23.0. The van der Waals surface area contributed by atoms with Crippen LogP contribution in [0.5, 0.6) is 5.75 Å². The summed E-state index contributed by atoms with van der Waals surface area (Å²) in [5, 5.41) is 9.86. The second-order valence-electron chi connectivity index (χ2n) is 10.5. The van der Waals surface area contributed by atoms with Crippen molar-refractivity contribution in [3.8, 4) is 5.75 Å². The van der Waals surface area contributed by atoms with Crippen LogP contribution in [0.25, 0.3) is 0 Å². The fourth-order valence-corrected chi connectivity index (χ4v) is 5.86. The quantitative estimate of drug-likeness (QED) is 0.406. The van der Waals surface area contributed by atoms with Crippen LogP contribution in [0.1, 0.15) is 25.0 Å². The van der Waals surface area contributed by atoms with E-state index in [2.05, 4.69) is 21.8 Å². The average molecular weight is 570 g/mol. The van der Waals surface area contributed by atoms with Crippen LogP contribution in [-0.2, 0) is 27.8 Å². The largest absolute Gasteiger partial charge is 0.488 e. The van der Waals surface area contributed by atoms with Gasteiger partial charge in [0.05, 0.1) is 24.0 Å². The molecule has 0 unspecified atom stereocenters. The number of nitrogens with one attached hydrogen (secondary N) is 1. The van der Waals surface area contributed by atoms with Crippen LogP contribution in [0.15, 0.2) is 77.7 Å². The second kappa shape index (κ2) is 12.8. The van der Waals surface area contributed by atoms with Gasteiger partial charge in [0.25, 0.3) is 10.0 Å². The number of sulfonamides is 1. The number of hydrogen-bond acceptors (Lipinski definition) is 6. The van der Waals surface area contributed by atoms with E-state index >= 15 is 0 Å². The summed E-state index contributed by atoms with van der Waals surface area (Å²) < 4.78 is 48.1. The molecule has 3 atom stereocenters. The lowest BCUT2D eigenvalue weighted by molar-refractivity contribution is -0.134. The maximum atomic E-state index is 13.4. The van der Waals surface area contributed by atoms with Crippen molar-refractivity contribution in [2.75, 3.05) is 31.5 Å². The van der Waals surface area contributed by atoms with E-state index in [0.717, 1.165) is 18.7 Å². The van der Waals surface area contributed by atoms with E-state index in [-0.39, 0.29) is 47.6 Å². The van der Waals surface area contributed by atoms with Gasteiger partial charge in [-0.25, -0.2) is 12.8 Å². The molecule has 3 aromatic rings. The van der Waals surface area contributed by atoms with Crippen molar-refractivity contribution in [3.63, 3.8) is 0 Å². The Morgan fingerprint density at radius 3 is 2.50 bits per heavy atom. The van der Waals surface area contributed by atoms with E-state index in [1.165, 1.54) is 17.7 Å². The lowest BCUT2D eigenvalue weighted by atomic mass is 10.0. The number of hydrogen-bond donors (Lipinski definition) is 2. The molecule has 3 aromatic carbocycles. The normalized spacial score (nSPS) is 18.8. The zero-order chi connectivity index (χ0) is 28.9. The van der Waals surface area contributed by atoms with Crippen molar-refractivity contribution in [2.24, 2.45) is 5.92 Å². The van der Waals surface area contributed by atoms with Crippen LogP contribution in [0.4, 0.5) is 10.1 Å². The van der Waals surface area contributed by atoms with Crippen molar-refractivity contribution >= 4 is 21.6 Å². The first-order chi connectivity index (χ1) is 19.1. The van der Waals surface area contributed by atoms with Crippen LogP contribution >= 0.6 is 0 Å². The Hall–Kier alpha value is -3.47. The molecule has 1 amide bonds. The maximum absolute atomic E-state index is 13.4. The van der Waals surface area contributed by atoms with Gasteiger partial charge in [0, 0.05) is 36.8 Å². The fourth-order valence-electron chi connectivity index (χ4n) is 4.81. The number of carbonyl (C=O) groups excluding carboxylic acids is 1. The van der Waals surface area contributed by atoms with Crippen molar-refractivity contribution in [1.82, 2.24) is 9.80 Å². The van der Waals surface area contributed by atoms with E-state index < -0.39 is 15.8 Å². The molecule has 1 heterocycles. The highest BCUT2D eigenvalue weighted by Gasteiger charge is 2.31. The van der Waals surface area contributed by atoms with Gasteiger partial charge in [0.2, 0.25) is 5.91 Å². The van der Waals surface area contributed by atoms with Crippen molar-refractivity contribution < 1.29 is 27.4 Å². The fraction of sp³-hybridized carbons (Fsp3) is 0.367. The SMILES string of the molecule is C[C@H](CO)N1C[C@H](C)[C@H](CN(C)Cc2ccccc2)Oc2ccc(NS(=O)(=O)c3ccc(F)cc3)cc2CC1=O. The van der Waals surface area contributed by atoms with Gasteiger partial charge in [-0.2, -0.15) is 0 Å². The molecular weight excluding hydrogens is 533 g/mol. The van der Waals surface area contributed by atoms with E-state index in [0.29, 0.717) is 24.4 Å². The molecule has 2 N–H and O–H groups in total. The molecule has 0 bridgehead atoms. The van der Waals surface area contributed by atoms with Crippen molar-refractivity contribution in [2.45, 2.75) is 43.9 Å². The summed E-state index contributed by atoms with van der Waals surface area (Å²) in [6.07, 6.45) is -0.307. The number of ether oxygens (including phenoxy) is 1. The third-order valence-corrected chi connectivity index (χ3v) is 8.48. The summed E-state index contributed by atoms with van der Waals surface area (Å²) in [6, 6.07) is 19.1. The van der Waals surface area contributed by atoms with Crippen molar-refractivity contribution in [3.05, 3.63) is 89.7 Å². The lowest BCUT2D eigenvalue weighted by Gasteiger charge is -2.34. The number of carbonyl (C=O) groups is 1. The topological polar surface area (TPSA) is 99.2 Å². The molecule has 0 radical (unpaired) electrons. The molecule has 0 aliphatic carbocycles. The van der Waals surface area contributed by atoms with Gasteiger partial charge in [-0.1, -0.05) is 37.3 Å². The van der Waals surface area contributed by atoms with E-state index in [1.54, 1.807) is 30.0 Å². The van der Waals surface area contributed by atoms with Crippen LogP contribution in [0.3, 0.4) is 0 Å². The zero-order valence-corrected chi connectivity index (χ0v) is 23.8. The van der Waals surface area contributed by atoms with Crippen molar-refractivity contribution in [1.29, 1.82) is 0 Å². The molecule has 0 saturated carbocycles. The molecule has 214 valence electrons. The van der Waals surface area contributed by atoms with Gasteiger partial charge < -0.3 is 14.7 Å². The number of fused-ring (bicyclic) bond motifs is 1. The Morgan fingerprint density at radius 2 is 1.82 bits per heavy atom. The highest BCUT2D eigenvalue weighted by atomic mass is 32.2. The molecule has 1 aliphatic heterocycles. The summed E-state index contributed by atoms with van der Waals surface area (Å²) in [4.78, 5) is 17.2. The van der Waals surface area contributed by atoms with Gasteiger partial charge >= 0.3 is 0 Å². The summed E-state index contributed by atoms with van der Waals surface area (Å²) in [5.74, 6) is -0.276. The number of amides is 1. The molecule has 4 rings (SSSR count). The average Bonchev–Trinajstić information content (AvgIpc) is 2.96. The minimum absolute atomic E-state index is 0.0227. The number of rotatable bonds is 9. The number of benzene rings is 3. The molecule has 40 heavy (non-hydrogen) atoms. The van der Waals surface area contributed by atoms with Crippen LogP contribution in [0, 0.1) is 11.7 Å². The molecule has 10 heteroatoms. The first-order valence-corrected chi connectivity index (χ1v) is 14.7. The van der Waals surface area contributed by atoms with Crippen LogP contribution in [-0.4, -0.2) is 68.1 Å².